The van der Waals surface area contributed by atoms with E-state index in [1.165, 1.54) is 23.5 Å². The van der Waals surface area contributed by atoms with Crippen LogP contribution >= 0.6 is 11.3 Å². The summed E-state index contributed by atoms with van der Waals surface area (Å²) in [6.07, 6.45) is 1.91. The lowest BCUT2D eigenvalue weighted by atomic mass is 10.1. The molecule has 1 heterocycles. The van der Waals surface area contributed by atoms with E-state index in [4.69, 9.17) is 0 Å². The van der Waals surface area contributed by atoms with Gasteiger partial charge in [-0.2, -0.15) is 0 Å². The Kier molecular flexibility index (Phi) is 4.44. The molecule has 0 aliphatic carbocycles. The molecule has 0 spiro atoms. The molecule has 0 aliphatic rings. The Morgan fingerprint density at radius 1 is 1.40 bits per heavy atom. The number of carbonyl (C=O) groups is 1. The maximum atomic E-state index is 13.5. The number of benzene rings is 1. The van der Waals surface area contributed by atoms with Gasteiger partial charge in [0, 0.05) is 29.5 Å². The Balaban J connectivity index is 2.07. The second-order valence-corrected chi connectivity index (χ2v) is 5.80. The molecule has 1 aromatic carbocycles. The predicted octanol–water partition coefficient (Wildman–Crippen LogP) is 3.61. The van der Waals surface area contributed by atoms with Gasteiger partial charge in [-0.25, -0.2) is 13.8 Å². The van der Waals surface area contributed by atoms with Crippen molar-refractivity contribution >= 4 is 22.4 Å². The molecule has 0 fully saturated rings. The van der Waals surface area contributed by atoms with Gasteiger partial charge < -0.3 is 5.32 Å². The minimum atomic E-state index is -0.597. The van der Waals surface area contributed by atoms with E-state index >= 15 is 0 Å². The van der Waals surface area contributed by atoms with Crippen LogP contribution in [-0.4, -0.2) is 10.9 Å². The van der Waals surface area contributed by atoms with Crippen LogP contribution in [0, 0.1) is 17.6 Å². The predicted molar refractivity (Wildman–Crippen MR) is 74.7 cm³/mol. The Hall–Kier alpha value is -1.82. The number of rotatable bonds is 4. The van der Waals surface area contributed by atoms with Crippen molar-refractivity contribution in [2.24, 2.45) is 5.92 Å². The highest BCUT2D eigenvalue weighted by Crippen LogP contribution is 2.23. The van der Waals surface area contributed by atoms with Crippen molar-refractivity contribution in [1.82, 2.24) is 4.98 Å². The number of hydrogen-bond donors (Lipinski definition) is 1. The van der Waals surface area contributed by atoms with Gasteiger partial charge in [0.2, 0.25) is 5.91 Å². The fraction of sp³-hybridized carbons (Fsp3) is 0.286. The maximum absolute atomic E-state index is 13.5. The van der Waals surface area contributed by atoms with E-state index in [0.29, 0.717) is 17.1 Å². The fourth-order valence-corrected chi connectivity index (χ4v) is 2.39. The molecule has 0 aliphatic heterocycles. The van der Waals surface area contributed by atoms with E-state index in [1.54, 1.807) is 20.0 Å². The van der Waals surface area contributed by atoms with E-state index in [-0.39, 0.29) is 11.8 Å². The van der Waals surface area contributed by atoms with Crippen LogP contribution in [0.3, 0.4) is 0 Å². The second kappa shape index (κ2) is 6.09. The number of anilines is 1. The molecule has 1 aromatic heterocycles. The average Bonchev–Trinajstić information content (AvgIpc) is 2.80. The molecule has 2 rings (SSSR count). The molecule has 2 aromatic rings. The summed E-state index contributed by atoms with van der Waals surface area (Å²) in [4.78, 5) is 16.4. The monoisotopic (exact) mass is 296 g/mol. The molecule has 0 unspecified atom stereocenters. The van der Waals surface area contributed by atoms with E-state index in [1.807, 2.05) is 0 Å². The van der Waals surface area contributed by atoms with Crippen molar-refractivity contribution in [3.63, 3.8) is 0 Å². The third-order valence-electron chi connectivity index (χ3n) is 2.69. The Morgan fingerprint density at radius 3 is 2.80 bits per heavy atom. The van der Waals surface area contributed by atoms with Gasteiger partial charge in [0.05, 0.1) is 0 Å². The number of nitrogens with one attached hydrogen (secondary N) is 1. The third kappa shape index (κ3) is 3.60. The van der Waals surface area contributed by atoms with Crippen LogP contribution in [0.5, 0.6) is 0 Å². The largest absolute Gasteiger partial charge is 0.302 e. The zero-order valence-electron chi connectivity index (χ0n) is 11.1. The van der Waals surface area contributed by atoms with E-state index in [0.717, 1.165) is 10.9 Å². The molecule has 0 saturated heterocycles. The van der Waals surface area contributed by atoms with Gasteiger partial charge in [-0.3, -0.25) is 4.79 Å². The number of hydrogen-bond acceptors (Lipinski definition) is 3. The van der Waals surface area contributed by atoms with Crippen molar-refractivity contribution in [3.8, 4) is 0 Å². The summed E-state index contributed by atoms with van der Waals surface area (Å²) in [6, 6.07) is 3.50. The summed E-state index contributed by atoms with van der Waals surface area (Å²) in [5, 5.41) is 3.17. The highest BCUT2D eigenvalue weighted by atomic mass is 32.1. The van der Waals surface area contributed by atoms with Gasteiger partial charge in [0.15, 0.2) is 5.13 Å². The molecule has 0 radical (unpaired) electrons. The van der Waals surface area contributed by atoms with Crippen molar-refractivity contribution in [3.05, 3.63) is 46.5 Å². The van der Waals surface area contributed by atoms with Crippen LogP contribution < -0.4 is 5.32 Å². The highest BCUT2D eigenvalue weighted by Gasteiger charge is 2.11. The fourth-order valence-electron chi connectivity index (χ4n) is 1.55. The molecule has 0 bridgehead atoms. The summed E-state index contributed by atoms with van der Waals surface area (Å²) in [5.74, 6) is -1.41. The standard InChI is InChI=1S/C14H14F2N2OS/c1-8(2)13(19)18-14-17-7-11(20-14)5-9-3-4-10(15)6-12(9)16/h3-4,6-8H,5H2,1-2H3,(H,17,18,19). The van der Waals surface area contributed by atoms with Crippen LogP contribution in [0.1, 0.15) is 24.3 Å². The molecule has 3 nitrogen and oxygen atoms in total. The zero-order chi connectivity index (χ0) is 14.7. The van der Waals surface area contributed by atoms with Crippen LogP contribution in [0.15, 0.2) is 24.4 Å². The molecule has 1 N–H and O–H groups in total. The van der Waals surface area contributed by atoms with Gasteiger partial charge in [-0.1, -0.05) is 19.9 Å². The number of halogens is 2. The molecule has 1 amide bonds. The molecular formula is C14H14F2N2OS. The van der Waals surface area contributed by atoms with Crippen molar-refractivity contribution in [2.75, 3.05) is 5.32 Å². The average molecular weight is 296 g/mol. The minimum Gasteiger partial charge on any atom is -0.302 e. The van der Waals surface area contributed by atoms with Gasteiger partial charge in [0.25, 0.3) is 0 Å². The first kappa shape index (κ1) is 14.6. The summed E-state index contributed by atoms with van der Waals surface area (Å²) in [6.45, 7) is 3.58. The lowest BCUT2D eigenvalue weighted by Gasteiger charge is -2.03. The maximum Gasteiger partial charge on any atom is 0.228 e. The van der Waals surface area contributed by atoms with E-state index in [2.05, 4.69) is 10.3 Å². The molecule has 6 heteroatoms. The summed E-state index contributed by atoms with van der Waals surface area (Å²) in [5.41, 5.74) is 0.400. The van der Waals surface area contributed by atoms with Gasteiger partial charge in [-0.05, 0) is 11.6 Å². The van der Waals surface area contributed by atoms with Crippen LogP contribution in [-0.2, 0) is 11.2 Å². The Labute approximate surface area is 119 Å². The number of nitrogens with zero attached hydrogens (tertiary/aromatic N) is 1. The van der Waals surface area contributed by atoms with Crippen LogP contribution in [0.4, 0.5) is 13.9 Å². The van der Waals surface area contributed by atoms with Gasteiger partial charge >= 0.3 is 0 Å². The van der Waals surface area contributed by atoms with Crippen molar-refractivity contribution < 1.29 is 13.6 Å². The lowest BCUT2D eigenvalue weighted by molar-refractivity contribution is -0.118. The number of amides is 1. The van der Waals surface area contributed by atoms with Crippen molar-refractivity contribution in [1.29, 1.82) is 0 Å². The Bertz CT molecular complexity index is 625. The molecular weight excluding hydrogens is 282 g/mol. The zero-order valence-corrected chi connectivity index (χ0v) is 11.9. The normalized spacial score (nSPS) is 10.8. The quantitative estimate of drug-likeness (QED) is 0.936. The lowest BCUT2D eigenvalue weighted by Crippen LogP contribution is -2.17. The van der Waals surface area contributed by atoms with E-state index < -0.39 is 11.6 Å². The topological polar surface area (TPSA) is 42.0 Å². The molecule has 0 atom stereocenters. The summed E-state index contributed by atoms with van der Waals surface area (Å²) in [7, 11) is 0. The minimum absolute atomic E-state index is 0.112. The van der Waals surface area contributed by atoms with E-state index in [9.17, 15) is 13.6 Å². The third-order valence-corrected chi connectivity index (χ3v) is 3.60. The van der Waals surface area contributed by atoms with Gasteiger partial charge in [0.1, 0.15) is 11.6 Å². The first-order valence-electron chi connectivity index (χ1n) is 6.15. The first-order chi connectivity index (χ1) is 9.45. The number of thiazole rings is 1. The van der Waals surface area contributed by atoms with Crippen LogP contribution in [0.25, 0.3) is 0 Å². The van der Waals surface area contributed by atoms with Crippen molar-refractivity contribution in [2.45, 2.75) is 20.3 Å². The SMILES string of the molecule is CC(C)C(=O)Nc1ncc(Cc2ccc(F)cc2F)s1. The Morgan fingerprint density at radius 2 is 2.15 bits per heavy atom. The number of aromatic nitrogens is 1. The summed E-state index contributed by atoms with van der Waals surface area (Å²) >= 11 is 1.28. The number of carbonyl (C=O) groups excluding carboxylic acids is 1. The smallest absolute Gasteiger partial charge is 0.228 e. The molecule has 0 saturated carbocycles. The molecule has 20 heavy (non-hydrogen) atoms. The van der Waals surface area contributed by atoms with Gasteiger partial charge in [-0.15, -0.1) is 11.3 Å². The van der Waals surface area contributed by atoms with Crippen LogP contribution in [0.2, 0.25) is 0 Å². The second-order valence-electron chi connectivity index (χ2n) is 4.69. The highest BCUT2D eigenvalue weighted by molar-refractivity contribution is 7.15. The first-order valence-corrected chi connectivity index (χ1v) is 6.97. The summed E-state index contributed by atoms with van der Waals surface area (Å²) < 4.78 is 26.3. The molecule has 106 valence electrons.